The van der Waals surface area contributed by atoms with Gasteiger partial charge < -0.3 is 4.74 Å². The Bertz CT molecular complexity index is 299. The van der Waals surface area contributed by atoms with E-state index in [0.29, 0.717) is 0 Å². The Morgan fingerprint density at radius 2 is 1.64 bits per heavy atom. The Hall–Kier alpha value is -1.20. The molecule has 1 aromatic carbocycles. The summed E-state index contributed by atoms with van der Waals surface area (Å²) >= 11 is 0. The van der Waals surface area contributed by atoms with E-state index in [1.165, 1.54) is 24.3 Å². The standard InChI is InChI=1S/C8H7BF4O/c9-5-1-3-6(4-2-5)14-8(12,13)7(10)11/h1-4,7H,9H2. The molecule has 0 atom stereocenters. The van der Waals surface area contributed by atoms with Gasteiger partial charge in [-0.25, -0.2) is 0 Å². The SMILES string of the molecule is Bc1ccc(OC(F)(F)C(F)F)cc1. The molecule has 0 radical (unpaired) electrons. The molecule has 76 valence electrons. The zero-order chi connectivity index (χ0) is 10.8. The molecule has 0 amide bonds. The number of ether oxygens (including phenoxy) is 1. The molecule has 0 heterocycles. The highest BCUT2D eigenvalue weighted by atomic mass is 19.3. The lowest BCUT2D eigenvalue weighted by Gasteiger charge is -2.16. The van der Waals surface area contributed by atoms with Crippen LogP contribution >= 0.6 is 0 Å². The average molecular weight is 206 g/mol. The Balaban J connectivity index is 2.74. The van der Waals surface area contributed by atoms with Gasteiger partial charge in [-0.3, -0.25) is 0 Å². The van der Waals surface area contributed by atoms with Crippen LogP contribution in [-0.4, -0.2) is 20.4 Å². The molecule has 0 bridgehead atoms. The van der Waals surface area contributed by atoms with E-state index in [9.17, 15) is 17.6 Å². The summed E-state index contributed by atoms with van der Waals surface area (Å²) in [5, 5.41) is 0. The summed E-state index contributed by atoms with van der Waals surface area (Å²) in [7, 11) is 1.75. The molecule has 0 saturated heterocycles. The first kappa shape index (κ1) is 10.9. The second kappa shape index (κ2) is 3.90. The smallest absolute Gasteiger partial charge is 0.428 e. The van der Waals surface area contributed by atoms with Crippen LogP contribution in [0.1, 0.15) is 0 Å². The molecule has 0 unspecified atom stereocenters. The number of rotatable bonds is 3. The van der Waals surface area contributed by atoms with Gasteiger partial charge in [-0.15, -0.1) is 0 Å². The van der Waals surface area contributed by atoms with Gasteiger partial charge in [0.1, 0.15) is 13.6 Å². The van der Waals surface area contributed by atoms with Crippen molar-refractivity contribution < 1.29 is 22.3 Å². The minimum atomic E-state index is -4.44. The Morgan fingerprint density at radius 3 is 2.07 bits per heavy atom. The summed E-state index contributed by atoms with van der Waals surface area (Å²) in [4.78, 5) is 0. The fourth-order valence-electron chi connectivity index (χ4n) is 0.808. The molecule has 1 nitrogen and oxygen atoms in total. The maximum atomic E-state index is 12.4. The van der Waals surface area contributed by atoms with Gasteiger partial charge in [-0.1, -0.05) is 17.6 Å². The lowest BCUT2D eigenvalue weighted by atomic mass is 9.97. The number of benzene rings is 1. The fourth-order valence-corrected chi connectivity index (χ4v) is 0.808. The molecule has 0 saturated carbocycles. The highest BCUT2D eigenvalue weighted by molar-refractivity contribution is 6.32. The van der Waals surface area contributed by atoms with Crippen molar-refractivity contribution in [2.24, 2.45) is 0 Å². The van der Waals surface area contributed by atoms with Gasteiger partial charge in [-0.2, -0.15) is 17.6 Å². The van der Waals surface area contributed by atoms with Crippen molar-refractivity contribution >= 4 is 13.3 Å². The van der Waals surface area contributed by atoms with Crippen LogP contribution in [-0.2, 0) is 0 Å². The van der Waals surface area contributed by atoms with Crippen LogP contribution in [0.2, 0.25) is 0 Å². The van der Waals surface area contributed by atoms with E-state index in [2.05, 4.69) is 4.74 Å². The molecule has 1 aromatic rings. The second-order valence-electron chi connectivity index (χ2n) is 2.78. The van der Waals surface area contributed by atoms with Crippen molar-refractivity contribution in [3.63, 3.8) is 0 Å². The molecule has 0 aliphatic heterocycles. The van der Waals surface area contributed by atoms with Gasteiger partial charge in [0.05, 0.1) is 0 Å². The quantitative estimate of drug-likeness (QED) is 0.532. The van der Waals surface area contributed by atoms with E-state index >= 15 is 0 Å². The molecule has 0 aliphatic rings. The number of hydrogen-bond acceptors (Lipinski definition) is 1. The third-order valence-corrected chi connectivity index (χ3v) is 1.53. The van der Waals surface area contributed by atoms with Crippen molar-refractivity contribution in [1.29, 1.82) is 0 Å². The summed E-state index contributed by atoms with van der Waals surface area (Å²) in [6, 6.07) is 5.42. The predicted molar refractivity (Wildman–Crippen MR) is 46.2 cm³/mol. The Labute approximate surface area is 79.1 Å². The van der Waals surface area contributed by atoms with Crippen LogP contribution in [0.5, 0.6) is 5.75 Å². The number of hydrogen-bond donors (Lipinski definition) is 0. The first-order valence-electron chi connectivity index (χ1n) is 3.83. The fraction of sp³-hybridized carbons (Fsp3) is 0.250. The summed E-state index contributed by atoms with van der Waals surface area (Å²) in [5.41, 5.74) is 0.831. The molecular formula is C8H7BF4O. The number of halogens is 4. The molecule has 0 N–H and O–H groups in total. The monoisotopic (exact) mass is 206 g/mol. The van der Waals surface area contributed by atoms with Gasteiger partial charge in [0.25, 0.3) is 0 Å². The minimum absolute atomic E-state index is 0.277. The van der Waals surface area contributed by atoms with Crippen LogP contribution < -0.4 is 10.2 Å². The van der Waals surface area contributed by atoms with Crippen molar-refractivity contribution in [3.8, 4) is 5.75 Å². The van der Waals surface area contributed by atoms with Crippen LogP contribution in [0.4, 0.5) is 17.6 Å². The van der Waals surface area contributed by atoms with Crippen molar-refractivity contribution in [2.75, 3.05) is 0 Å². The lowest BCUT2D eigenvalue weighted by Crippen LogP contribution is -2.33. The van der Waals surface area contributed by atoms with Gasteiger partial charge in [0.15, 0.2) is 0 Å². The molecule has 0 aromatic heterocycles. The van der Waals surface area contributed by atoms with Crippen molar-refractivity contribution in [1.82, 2.24) is 0 Å². The summed E-state index contributed by atoms with van der Waals surface area (Å²) < 4.78 is 52.0. The minimum Gasteiger partial charge on any atom is -0.428 e. The zero-order valence-corrected chi connectivity index (χ0v) is 7.31. The van der Waals surface area contributed by atoms with Gasteiger partial charge >= 0.3 is 12.5 Å². The van der Waals surface area contributed by atoms with E-state index < -0.39 is 12.5 Å². The Kier molecular flexibility index (Phi) is 3.03. The van der Waals surface area contributed by atoms with E-state index in [4.69, 9.17) is 0 Å². The predicted octanol–water partition coefficient (Wildman–Crippen LogP) is 1.18. The molecule has 14 heavy (non-hydrogen) atoms. The van der Waals surface area contributed by atoms with Crippen molar-refractivity contribution in [2.45, 2.75) is 12.5 Å². The summed E-state index contributed by atoms with van der Waals surface area (Å²) in [6.07, 6.45) is -8.27. The zero-order valence-electron chi connectivity index (χ0n) is 7.31. The Morgan fingerprint density at radius 1 is 1.14 bits per heavy atom. The largest absolute Gasteiger partial charge is 0.461 e. The molecule has 0 fully saturated rings. The molecular weight excluding hydrogens is 199 g/mol. The van der Waals surface area contributed by atoms with Gasteiger partial charge in [0, 0.05) is 0 Å². The third-order valence-electron chi connectivity index (χ3n) is 1.53. The maximum Gasteiger partial charge on any atom is 0.461 e. The van der Waals surface area contributed by atoms with Crippen LogP contribution in [0.15, 0.2) is 24.3 Å². The third kappa shape index (κ3) is 2.65. The van der Waals surface area contributed by atoms with E-state index in [-0.39, 0.29) is 5.75 Å². The first-order valence-corrected chi connectivity index (χ1v) is 3.83. The van der Waals surface area contributed by atoms with E-state index in [1.807, 2.05) is 0 Å². The summed E-state index contributed by atoms with van der Waals surface area (Å²) in [5.74, 6) is -0.277. The van der Waals surface area contributed by atoms with Crippen LogP contribution in [0, 0.1) is 0 Å². The maximum absolute atomic E-state index is 12.4. The number of alkyl halides is 4. The normalized spacial score (nSPS) is 11.8. The second-order valence-corrected chi connectivity index (χ2v) is 2.78. The van der Waals surface area contributed by atoms with Gasteiger partial charge in [0.2, 0.25) is 0 Å². The van der Waals surface area contributed by atoms with Crippen molar-refractivity contribution in [3.05, 3.63) is 24.3 Å². The lowest BCUT2D eigenvalue weighted by molar-refractivity contribution is -0.253. The molecule has 6 heteroatoms. The van der Waals surface area contributed by atoms with Crippen LogP contribution in [0.25, 0.3) is 0 Å². The van der Waals surface area contributed by atoms with Gasteiger partial charge in [-0.05, 0) is 12.1 Å². The highest BCUT2D eigenvalue weighted by Crippen LogP contribution is 2.26. The topological polar surface area (TPSA) is 9.23 Å². The molecule has 0 aliphatic carbocycles. The highest BCUT2D eigenvalue weighted by Gasteiger charge is 2.43. The summed E-state index contributed by atoms with van der Waals surface area (Å²) in [6.45, 7) is 0. The van der Waals surface area contributed by atoms with E-state index in [1.54, 1.807) is 7.85 Å². The average Bonchev–Trinajstić information content (AvgIpc) is 2.08. The van der Waals surface area contributed by atoms with E-state index in [0.717, 1.165) is 5.46 Å². The van der Waals surface area contributed by atoms with Crippen LogP contribution in [0.3, 0.4) is 0 Å². The molecule has 0 spiro atoms. The first-order chi connectivity index (χ1) is 6.42. The molecule has 1 rings (SSSR count).